The third kappa shape index (κ3) is 17.5. The van der Waals surface area contributed by atoms with Gasteiger partial charge in [-0.05, 0) is 271 Å². The van der Waals surface area contributed by atoms with Gasteiger partial charge in [-0.25, -0.2) is 13.2 Å². The van der Waals surface area contributed by atoms with E-state index in [1.807, 2.05) is 170 Å². The Balaban J connectivity index is 0.000000113. The number of nitrogens with zero attached hydrogens (tertiary/aromatic N) is 11. The van der Waals surface area contributed by atoms with Crippen LogP contribution in [0.15, 0.2) is 328 Å². The van der Waals surface area contributed by atoms with Crippen molar-refractivity contribution in [1.29, 1.82) is 0 Å². The molecule has 0 fully saturated rings. The van der Waals surface area contributed by atoms with E-state index in [0.29, 0.717) is 22.5 Å². The van der Waals surface area contributed by atoms with Crippen LogP contribution in [0, 0.1) is 31.3 Å². The smallest absolute Gasteiger partial charge is 0.141 e. The maximum Gasteiger partial charge on any atom is 0.141 e. The molecule has 0 saturated carbocycles. The summed E-state index contributed by atoms with van der Waals surface area (Å²) in [7, 11) is 1.65. The Morgan fingerprint density at radius 3 is 1.17 bits per heavy atom. The third-order valence-corrected chi connectivity index (χ3v) is 21.7. The van der Waals surface area contributed by atoms with Crippen LogP contribution in [-0.4, -0.2) is 73.0 Å². The highest BCUT2D eigenvalue weighted by atomic mass is 35.5. The molecule has 2 aliphatic carbocycles. The van der Waals surface area contributed by atoms with Crippen LogP contribution in [-0.2, 0) is 12.8 Å². The van der Waals surface area contributed by atoms with Gasteiger partial charge in [0.2, 0.25) is 0 Å². The van der Waals surface area contributed by atoms with Crippen LogP contribution in [0.1, 0.15) is 52.3 Å². The van der Waals surface area contributed by atoms with Gasteiger partial charge >= 0.3 is 0 Å². The van der Waals surface area contributed by atoms with Crippen molar-refractivity contribution < 1.29 is 28.2 Å². The Bertz CT molecular complexity index is 6730. The summed E-state index contributed by atoms with van der Waals surface area (Å²) in [5.74, 6) is -0.106. The SMILES string of the molecule is COc1ccnc2ccc(-c3cccnc3-c3ccc(F)c(C)c3)cc12.Cc1cc(-c2ncccc2-c2ccc3nccc(N)c3c2)ccc1F.Nc1ccnc2ccc(-c3cccnc3-c3ccc(F)c(Cl)c3)cc12.O/N=C1/CCc2cc(-c3ncccc3-c3ccncc3)ccc21.OC1CCc2cc(-c3ncccc3-c3ccncc3)ccc21. The summed E-state index contributed by atoms with van der Waals surface area (Å²) in [4.78, 5) is 43.9. The molecule has 18 aromatic rings. The second kappa shape index (κ2) is 36.2. The van der Waals surface area contributed by atoms with Crippen LogP contribution < -0.4 is 16.2 Å². The molecule has 0 amide bonds. The van der Waals surface area contributed by atoms with E-state index in [-0.39, 0.29) is 22.8 Å². The lowest BCUT2D eigenvalue weighted by molar-refractivity contribution is 0.180. The van der Waals surface area contributed by atoms with Gasteiger partial charge in [-0.2, -0.15) is 0 Å². The maximum absolute atomic E-state index is 13.7. The second-order valence-corrected chi connectivity index (χ2v) is 29.3. The number of anilines is 2. The zero-order chi connectivity index (χ0) is 83.5. The average Bonchev–Trinajstić information content (AvgIpc) is 1.18. The number of aliphatic hydroxyl groups excluding tert-OH is 1. The van der Waals surface area contributed by atoms with Crippen molar-refractivity contribution in [2.24, 2.45) is 5.16 Å². The van der Waals surface area contributed by atoms with E-state index in [1.54, 1.807) is 119 Å². The lowest BCUT2D eigenvalue weighted by Gasteiger charge is -2.12. The Labute approximate surface area is 701 Å². The quantitative estimate of drug-likeness (QED) is 0.0695. The molecule has 1 unspecified atom stereocenters. The molecule has 10 aromatic heterocycles. The highest BCUT2D eigenvalue weighted by Crippen LogP contribution is 2.42. The number of aryl methyl sites for hydroxylation is 4. The number of aromatic nitrogens is 10. The molecule has 20 heteroatoms. The highest BCUT2D eigenvalue weighted by Gasteiger charge is 2.24. The van der Waals surface area contributed by atoms with Crippen LogP contribution in [0.4, 0.5) is 24.5 Å². The summed E-state index contributed by atoms with van der Waals surface area (Å²) in [6.45, 7) is 3.51. The number of fused-ring (bicyclic) bond motifs is 5. The van der Waals surface area contributed by atoms with Crippen LogP contribution in [0.25, 0.3) is 145 Å². The fourth-order valence-corrected chi connectivity index (χ4v) is 15.4. The minimum atomic E-state index is -0.451. The van der Waals surface area contributed by atoms with E-state index in [9.17, 15) is 18.3 Å². The number of aliphatic hydroxyl groups is 1. The predicted molar refractivity (Wildman–Crippen MR) is 477 cm³/mol. The minimum Gasteiger partial charge on any atom is -0.496 e. The van der Waals surface area contributed by atoms with Gasteiger partial charge in [0.1, 0.15) is 23.2 Å². The topological polar surface area (TPSA) is 243 Å². The second-order valence-electron chi connectivity index (χ2n) is 28.9. The minimum absolute atomic E-state index is 0.0704. The number of hydrogen-bond acceptors (Lipinski definition) is 16. The van der Waals surface area contributed by atoms with Gasteiger partial charge < -0.3 is 26.5 Å². The molecule has 8 aromatic carbocycles. The van der Waals surface area contributed by atoms with Gasteiger partial charge in [0.25, 0.3) is 0 Å². The third-order valence-electron chi connectivity index (χ3n) is 21.4. The lowest BCUT2D eigenvalue weighted by atomic mass is 9.97. The van der Waals surface area contributed by atoms with E-state index in [0.717, 1.165) is 193 Å². The fourth-order valence-electron chi connectivity index (χ4n) is 15.2. The molecule has 10 heterocycles. The summed E-state index contributed by atoms with van der Waals surface area (Å²) in [5, 5.41) is 25.2. The van der Waals surface area contributed by atoms with E-state index >= 15 is 0 Å². The molecule has 0 bridgehead atoms. The monoisotopic (exact) mass is 1610 g/mol. The number of hydrogen-bond donors (Lipinski definition) is 4. The van der Waals surface area contributed by atoms with Crippen molar-refractivity contribution in [2.45, 2.75) is 45.6 Å². The van der Waals surface area contributed by atoms with E-state index < -0.39 is 5.82 Å². The Hall–Kier alpha value is -15.1. The van der Waals surface area contributed by atoms with Crippen molar-refractivity contribution in [3.8, 4) is 118 Å². The van der Waals surface area contributed by atoms with Gasteiger partial charge in [0, 0.05) is 163 Å². The Kier molecular flexibility index (Phi) is 23.9. The molecular formula is C101H77ClF3N13O3. The molecule has 1 atom stereocenters. The van der Waals surface area contributed by atoms with Crippen LogP contribution in [0.3, 0.4) is 0 Å². The zero-order valence-electron chi connectivity index (χ0n) is 65.9. The largest absolute Gasteiger partial charge is 0.496 e. The molecule has 0 spiro atoms. The zero-order valence-corrected chi connectivity index (χ0v) is 66.6. The lowest BCUT2D eigenvalue weighted by Crippen LogP contribution is -1.95. The van der Waals surface area contributed by atoms with E-state index in [4.69, 9.17) is 33.0 Å². The van der Waals surface area contributed by atoms with Crippen molar-refractivity contribution in [3.05, 3.63) is 379 Å². The number of rotatable bonds is 11. The van der Waals surface area contributed by atoms with Crippen LogP contribution in [0.2, 0.25) is 5.02 Å². The number of nitrogen functional groups attached to an aromatic ring is 2. The average molecular weight is 1610 g/mol. The van der Waals surface area contributed by atoms with Gasteiger partial charge in [0.05, 0.1) is 69.0 Å². The Morgan fingerprint density at radius 2 is 0.736 bits per heavy atom. The summed E-state index contributed by atoms with van der Waals surface area (Å²) in [6.07, 6.45) is 24.3. The van der Waals surface area contributed by atoms with Gasteiger partial charge in [0.15, 0.2) is 0 Å². The van der Waals surface area contributed by atoms with Crippen LogP contribution in [0.5, 0.6) is 5.75 Å². The Morgan fingerprint density at radius 1 is 0.355 bits per heavy atom. The maximum atomic E-state index is 13.7. The molecule has 592 valence electrons. The normalized spacial score (nSPS) is 12.7. The first-order valence-electron chi connectivity index (χ1n) is 39.1. The van der Waals surface area contributed by atoms with E-state index in [1.165, 1.54) is 29.3 Å². The number of methoxy groups -OCH3 is 1. The first kappa shape index (κ1) is 79.8. The molecule has 2 aliphatic rings. The van der Waals surface area contributed by atoms with Gasteiger partial charge in [-0.15, -0.1) is 0 Å². The molecule has 121 heavy (non-hydrogen) atoms. The number of halogens is 4. The van der Waals surface area contributed by atoms with Crippen molar-refractivity contribution in [3.63, 3.8) is 0 Å². The molecule has 6 N–H and O–H groups in total. The van der Waals surface area contributed by atoms with E-state index in [2.05, 4.69) is 91.4 Å². The van der Waals surface area contributed by atoms with Gasteiger partial charge in [-0.3, -0.25) is 49.8 Å². The van der Waals surface area contributed by atoms with Gasteiger partial charge in [-0.1, -0.05) is 89.6 Å². The summed E-state index contributed by atoms with van der Waals surface area (Å²) < 4.78 is 46.2. The predicted octanol–water partition coefficient (Wildman–Crippen LogP) is 23.5. The molecular weight excluding hydrogens is 1540 g/mol. The van der Waals surface area contributed by atoms with Crippen molar-refractivity contribution >= 4 is 61.4 Å². The molecule has 16 nitrogen and oxygen atoms in total. The number of nitrogens with two attached hydrogens (primary N) is 2. The standard InChI is InChI=1S/C22H17FN2O.C21H16FN3.C20H13ClFN3.C19H15N3O.C19H16N2O/c1-14-12-16(5-7-19(14)23)22-17(4-3-10-25-22)15-6-8-20-18(13-15)21(26-2)9-11-24-20;1-13-11-15(4-6-18(13)22)21-16(3-2-9-25-21)14-5-7-20-17(12-14)19(23)8-10-24-20;21-16-11-13(3-5-17(16)22)20-14(2-1-8-25-20)12-4-6-19-15(10-12)18(23)7-9-24-19;23-22-18-6-4-14-12-15(3-5-16(14)18)19-17(2-1-9-21-19)13-7-10-20-11-8-13;22-18-6-4-14-12-15(3-5-16(14)18)19-17(2-1-9-21-19)13-7-10-20-11-8-13/h3-13H,1-2H3;2-12H,1H3,(H2,23,24);1-11H,(H2,23,24);1-3,5,7-12,23H,4,6H2;1-3,5,7-12,18,22H,4,6H2/b;;;22-18-;. The van der Waals surface area contributed by atoms with Crippen molar-refractivity contribution in [1.82, 2.24) is 49.8 Å². The first-order valence-corrected chi connectivity index (χ1v) is 39.4. The molecule has 0 aliphatic heterocycles. The van der Waals surface area contributed by atoms with Crippen LogP contribution >= 0.6 is 11.6 Å². The number of pyridine rings is 10. The molecule has 20 rings (SSSR count). The number of benzene rings is 8. The molecule has 0 saturated heterocycles. The first-order chi connectivity index (χ1) is 59.1. The summed E-state index contributed by atoms with van der Waals surface area (Å²) >= 11 is 5.93. The molecule has 0 radical (unpaired) electrons. The fraction of sp³-hybridized carbons (Fsp3) is 0.0792. The summed E-state index contributed by atoms with van der Waals surface area (Å²) in [6, 6.07) is 78.2. The summed E-state index contributed by atoms with van der Waals surface area (Å²) in [5.41, 5.74) is 41.8. The van der Waals surface area contributed by atoms with Crippen molar-refractivity contribution in [2.75, 3.05) is 18.6 Å². The highest BCUT2D eigenvalue weighted by molar-refractivity contribution is 6.31. The number of ether oxygens (including phenoxy) is 1. The number of oxime groups is 1.